The third-order valence-electron chi connectivity index (χ3n) is 2.67. The Morgan fingerprint density at radius 1 is 1.25 bits per heavy atom. The number of rotatable bonds is 5. The van der Waals surface area contributed by atoms with Crippen molar-refractivity contribution in [2.24, 2.45) is 0 Å². The Hall–Kier alpha value is -2.47. The lowest BCUT2D eigenvalue weighted by molar-refractivity contribution is -0.384. The molecular weight excluding hydrogens is 263 g/mol. The van der Waals surface area contributed by atoms with Crippen molar-refractivity contribution in [2.45, 2.75) is 6.54 Å². The Morgan fingerprint density at radius 2 is 1.95 bits per heavy atom. The van der Waals surface area contributed by atoms with E-state index in [0.29, 0.717) is 23.6 Å². The molecule has 0 saturated heterocycles. The molecule has 0 bridgehead atoms. The topological polar surface area (TPSA) is 64.4 Å². The molecule has 2 rings (SSSR count). The summed E-state index contributed by atoms with van der Waals surface area (Å²) in [6, 6.07) is 9.95. The van der Waals surface area contributed by atoms with Gasteiger partial charge in [0, 0.05) is 24.2 Å². The summed E-state index contributed by atoms with van der Waals surface area (Å²) in [6.45, 7) is 0.458. The van der Waals surface area contributed by atoms with Crippen LogP contribution in [0.1, 0.15) is 5.56 Å². The van der Waals surface area contributed by atoms with Crippen LogP contribution >= 0.6 is 0 Å². The van der Waals surface area contributed by atoms with Crippen molar-refractivity contribution in [1.82, 2.24) is 5.32 Å². The van der Waals surface area contributed by atoms with E-state index in [2.05, 4.69) is 5.32 Å². The number of hydrogen-bond donors (Lipinski definition) is 1. The monoisotopic (exact) mass is 276 g/mol. The second-order valence-electron chi connectivity index (χ2n) is 4.14. The van der Waals surface area contributed by atoms with E-state index in [1.165, 1.54) is 42.5 Å². The van der Waals surface area contributed by atoms with Crippen LogP contribution < -0.4 is 10.1 Å². The summed E-state index contributed by atoms with van der Waals surface area (Å²) in [5.41, 5.74) is 0.665. The maximum atomic E-state index is 13.2. The molecule has 0 spiro atoms. The van der Waals surface area contributed by atoms with Crippen molar-refractivity contribution in [3.8, 4) is 11.5 Å². The number of ether oxygens (including phenoxy) is 1. The molecule has 0 aliphatic heterocycles. The third-order valence-corrected chi connectivity index (χ3v) is 2.67. The van der Waals surface area contributed by atoms with Gasteiger partial charge in [0.05, 0.1) is 4.92 Å². The quantitative estimate of drug-likeness (QED) is 0.672. The van der Waals surface area contributed by atoms with Gasteiger partial charge in [-0.1, -0.05) is 0 Å². The van der Waals surface area contributed by atoms with Crippen molar-refractivity contribution in [3.63, 3.8) is 0 Å². The number of halogens is 1. The van der Waals surface area contributed by atoms with Crippen molar-refractivity contribution in [3.05, 3.63) is 64.0 Å². The van der Waals surface area contributed by atoms with Gasteiger partial charge < -0.3 is 10.1 Å². The highest BCUT2D eigenvalue weighted by atomic mass is 19.1. The van der Waals surface area contributed by atoms with Gasteiger partial charge in [-0.25, -0.2) is 4.39 Å². The normalized spacial score (nSPS) is 10.3. The highest BCUT2D eigenvalue weighted by Gasteiger charge is 2.08. The number of hydrogen-bond acceptors (Lipinski definition) is 4. The van der Waals surface area contributed by atoms with Crippen LogP contribution in [-0.2, 0) is 6.54 Å². The minimum atomic E-state index is -0.478. The summed E-state index contributed by atoms with van der Waals surface area (Å²) in [5, 5.41) is 13.5. The molecule has 0 saturated carbocycles. The fourth-order valence-electron chi connectivity index (χ4n) is 1.74. The number of benzene rings is 2. The number of non-ortho nitro benzene ring substituents is 1. The van der Waals surface area contributed by atoms with Crippen molar-refractivity contribution >= 4 is 5.69 Å². The third kappa shape index (κ3) is 3.30. The van der Waals surface area contributed by atoms with Gasteiger partial charge in [-0.15, -0.1) is 0 Å². The minimum absolute atomic E-state index is 0.00750. The average Bonchev–Trinajstić information content (AvgIpc) is 2.43. The van der Waals surface area contributed by atoms with Crippen LogP contribution in [0.25, 0.3) is 0 Å². The molecular formula is C14H13FN2O3. The average molecular weight is 276 g/mol. The SMILES string of the molecule is CNCc1cc(F)ccc1Oc1ccc([N+](=O)[O-])cc1. The van der Waals surface area contributed by atoms with E-state index in [4.69, 9.17) is 4.74 Å². The molecule has 1 N–H and O–H groups in total. The summed E-state index contributed by atoms with van der Waals surface area (Å²) in [5.74, 6) is 0.625. The van der Waals surface area contributed by atoms with E-state index in [1.807, 2.05) is 0 Å². The van der Waals surface area contributed by atoms with Crippen LogP contribution in [0, 0.1) is 15.9 Å². The molecule has 2 aromatic carbocycles. The number of nitrogens with one attached hydrogen (secondary N) is 1. The molecule has 0 aliphatic carbocycles. The van der Waals surface area contributed by atoms with Gasteiger partial charge in [0.15, 0.2) is 0 Å². The van der Waals surface area contributed by atoms with E-state index in [9.17, 15) is 14.5 Å². The lowest BCUT2D eigenvalue weighted by Crippen LogP contribution is -2.06. The largest absolute Gasteiger partial charge is 0.457 e. The van der Waals surface area contributed by atoms with Crippen LogP contribution in [0.3, 0.4) is 0 Å². The Labute approximate surface area is 115 Å². The fourth-order valence-corrected chi connectivity index (χ4v) is 1.74. The smallest absolute Gasteiger partial charge is 0.269 e. The first-order chi connectivity index (χ1) is 9.60. The Kier molecular flexibility index (Phi) is 4.27. The molecule has 20 heavy (non-hydrogen) atoms. The van der Waals surface area contributed by atoms with E-state index in [-0.39, 0.29) is 11.5 Å². The predicted octanol–water partition coefficient (Wildman–Crippen LogP) is 3.25. The van der Waals surface area contributed by atoms with Crippen LogP contribution in [0.5, 0.6) is 11.5 Å². The maximum absolute atomic E-state index is 13.2. The first kappa shape index (κ1) is 14.0. The minimum Gasteiger partial charge on any atom is -0.457 e. The van der Waals surface area contributed by atoms with Crippen molar-refractivity contribution in [2.75, 3.05) is 7.05 Å². The van der Waals surface area contributed by atoms with Crippen LogP contribution in [0.4, 0.5) is 10.1 Å². The molecule has 104 valence electrons. The second kappa shape index (κ2) is 6.12. The molecule has 2 aromatic rings. The van der Waals surface area contributed by atoms with Crippen LogP contribution in [-0.4, -0.2) is 12.0 Å². The van der Waals surface area contributed by atoms with Gasteiger partial charge in [0.1, 0.15) is 17.3 Å². The first-order valence-corrected chi connectivity index (χ1v) is 5.95. The van der Waals surface area contributed by atoms with Crippen molar-refractivity contribution in [1.29, 1.82) is 0 Å². The Bertz CT molecular complexity index is 614. The maximum Gasteiger partial charge on any atom is 0.269 e. The predicted molar refractivity (Wildman–Crippen MR) is 72.3 cm³/mol. The molecule has 0 unspecified atom stereocenters. The van der Waals surface area contributed by atoms with Gasteiger partial charge in [-0.3, -0.25) is 10.1 Å². The molecule has 0 heterocycles. The molecule has 5 nitrogen and oxygen atoms in total. The van der Waals surface area contributed by atoms with Gasteiger partial charge in [0.2, 0.25) is 0 Å². The highest BCUT2D eigenvalue weighted by molar-refractivity contribution is 5.41. The van der Waals surface area contributed by atoms with E-state index in [0.717, 1.165) is 0 Å². The summed E-state index contributed by atoms with van der Waals surface area (Å²) in [4.78, 5) is 10.1. The molecule has 6 heteroatoms. The number of nitro benzene ring substituents is 1. The van der Waals surface area contributed by atoms with Crippen molar-refractivity contribution < 1.29 is 14.1 Å². The number of nitro groups is 1. The highest BCUT2D eigenvalue weighted by Crippen LogP contribution is 2.27. The zero-order chi connectivity index (χ0) is 14.5. The summed E-state index contributed by atoms with van der Waals surface area (Å²) >= 11 is 0. The van der Waals surface area contributed by atoms with E-state index in [1.54, 1.807) is 7.05 Å². The summed E-state index contributed by atoms with van der Waals surface area (Å²) < 4.78 is 18.8. The molecule has 0 atom stereocenters. The lowest BCUT2D eigenvalue weighted by atomic mass is 10.2. The summed E-state index contributed by atoms with van der Waals surface area (Å²) in [6.07, 6.45) is 0. The molecule has 0 aliphatic rings. The van der Waals surface area contributed by atoms with E-state index >= 15 is 0 Å². The van der Waals surface area contributed by atoms with Gasteiger partial charge in [0.25, 0.3) is 5.69 Å². The Balaban J connectivity index is 2.22. The molecule has 0 radical (unpaired) electrons. The lowest BCUT2D eigenvalue weighted by Gasteiger charge is -2.11. The van der Waals surface area contributed by atoms with E-state index < -0.39 is 4.92 Å². The van der Waals surface area contributed by atoms with Gasteiger partial charge >= 0.3 is 0 Å². The standard InChI is InChI=1S/C14H13FN2O3/c1-16-9-10-8-11(15)2-7-14(10)20-13-5-3-12(4-6-13)17(18)19/h2-8,16H,9H2,1H3. The van der Waals surface area contributed by atoms with Crippen LogP contribution in [0.15, 0.2) is 42.5 Å². The van der Waals surface area contributed by atoms with Gasteiger partial charge in [-0.05, 0) is 37.4 Å². The fraction of sp³-hybridized carbons (Fsp3) is 0.143. The van der Waals surface area contributed by atoms with Crippen LogP contribution in [0.2, 0.25) is 0 Å². The Morgan fingerprint density at radius 3 is 2.55 bits per heavy atom. The zero-order valence-electron chi connectivity index (χ0n) is 10.8. The summed E-state index contributed by atoms with van der Waals surface area (Å²) in [7, 11) is 1.75. The molecule has 0 fully saturated rings. The number of nitrogens with zero attached hydrogens (tertiary/aromatic N) is 1. The molecule has 0 aromatic heterocycles. The molecule has 0 amide bonds. The second-order valence-corrected chi connectivity index (χ2v) is 4.14. The first-order valence-electron chi connectivity index (χ1n) is 5.95. The van der Waals surface area contributed by atoms with Gasteiger partial charge in [-0.2, -0.15) is 0 Å². The zero-order valence-corrected chi connectivity index (χ0v) is 10.8.